The van der Waals surface area contributed by atoms with E-state index in [9.17, 15) is 4.79 Å². The third-order valence-corrected chi connectivity index (χ3v) is 4.20. The molecule has 0 spiro atoms. The summed E-state index contributed by atoms with van der Waals surface area (Å²) in [5, 5.41) is 12.5. The molecular formula is C18H21ClN4O2. The van der Waals surface area contributed by atoms with Gasteiger partial charge in [-0.05, 0) is 36.1 Å². The van der Waals surface area contributed by atoms with Crippen LogP contribution in [0.5, 0.6) is 0 Å². The van der Waals surface area contributed by atoms with Crippen LogP contribution in [0.1, 0.15) is 43.7 Å². The van der Waals surface area contributed by atoms with E-state index in [4.69, 9.17) is 16.0 Å². The smallest absolute Gasteiger partial charge is 0.238 e. The summed E-state index contributed by atoms with van der Waals surface area (Å²) >= 11 is 6.07. The van der Waals surface area contributed by atoms with Crippen LogP contribution in [0.3, 0.4) is 0 Å². The predicted molar refractivity (Wildman–Crippen MR) is 96.4 cm³/mol. The Morgan fingerprint density at radius 3 is 2.84 bits per heavy atom. The van der Waals surface area contributed by atoms with Gasteiger partial charge in [-0.15, -0.1) is 10.2 Å². The van der Waals surface area contributed by atoms with Gasteiger partial charge >= 0.3 is 0 Å². The molecule has 0 aliphatic rings. The van der Waals surface area contributed by atoms with E-state index < -0.39 is 0 Å². The molecule has 132 valence electrons. The van der Waals surface area contributed by atoms with Gasteiger partial charge in [-0.1, -0.05) is 25.4 Å². The maximum Gasteiger partial charge on any atom is 0.238 e. The molecule has 1 atom stereocenters. The molecular weight excluding hydrogens is 340 g/mol. The van der Waals surface area contributed by atoms with Gasteiger partial charge in [0.25, 0.3) is 0 Å². The van der Waals surface area contributed by atoms with E-state index in [2.05, 4.69) is 34.3 Å². The quantitative estimate of drug-likeness (QED) is 0.696. The predicted octanol–water partition coefficient (Wildman–Crippen LogP) is 3.96. The summed E-state index contributed by atoms with van der Waals surface area (Å²) in [5.41, 5.74) is 1.86. The van der Waals surface area contributed by atoms with Gasteiger partial charge in [-0.2, -0.15) is 0 Å². The Balaban J connectivity index is 1.75. The molecule has 25 heavy (non-hydrogen) atoms. The Hall–Kier alpha value is -2.34. The average Bonchev–Trinajstić information content (AvgIpc) is 3.13. The number of amides is 1. The summed E-state index contributed by atoms with van der Waals surface area (Å²) in [6.45, 7) is 5.91. The van der Waals surface area contributed by atoms with Crippen molar-refractivity contribution in [1.29, 1.82) is 0 Å². The highest BCUT2D eigenvalue weighted by Gasteiger charge is 2.22. The summed E-state index contributed by atoms with van der Waals surface area (Å²) in [7, 11) is 0. The molecule has 2 N–H and O–H groups in total. The first-order valence-corrected chi connectivity index (χ1v) is 8.65. The monoisotopic (exact) mass is 360 g/mol. The molecule has 2 aromatic heterocycles. The van der Waals surface area contributed by atoms with Gasteiger partial charge < -0.3 is 14.7 Å². The summed E-state index contributed by atoms with van der Waals surface area (Å²) in [6.07, 6.45) is 2.82. The van der Waals surface area contributed by atoms with Crippen LogP contribution >= 0.6 is 11.6 Å². The number of fused-ring (bicyclic) bond motifs is 1. The van der Waals surface area contributed by atoms with Crippen LogP contribution in [0.4, 0.5) is 0 Å². The summed E-state index contributed by atoms with van der Waals surface area (Å²) in [5.74, 6) is 1.22. The molecule has 1 amide bonds. The van der Waals surface area contributed by atoms with Crippen LogP contribution in [0.2, 0.25) is 5.02 Å². The number of carbonyl (C=O) groups excluding carboxylic acids is 1. The van der Waals surface area contributed by atoms with Gasteiger partial charge in [0, 0.05) is 29.0 Å². The Labute approximate surface area is 151 Å². The van der Waals surface area contributed by atoms with Crippen molar-refractivity contribution in [3.05, 3.63) is 46.8 Å². The summed E-state index contributed by atoms with van der Waals surface area (Å²) in [6, 6.07) is 5.30. The normalized spacial score (nSPS) is 12.7. The Kier molecular flexibility index (Phi) is 5.08. The zero-order chi connectivity index (χ0) is 18.0. The molecule has 0 bridgehead atoms. The zero-order valence-corrected chi connectivity index (χ0v) is 15.2. The van der Waals surface area contributed by atoms with Gasteiger partial charge in [0.2, 0.25) is 17.7 Å². The number of carbonyl (C=O) groups is 1. The molecule has 7 heteroatoms. The number of aromatic nitrogens is 3. The number of benzene rings is 1. The number of aryl methyl sites for hydroxylation is 1. The van der Waals surface area contributed by atoms with E-state index in [1.807, 2.05) is 24.4 Å². The lowest BCUT2D eigenvalue weighted by molar-refractivity contribution is -0.121. The largest absolute Gasteiger partial charge is 0.423 e. The molecule has 3 rings (SSSR count). The van der Waals surface area contributed by atoms with E-state index in [-0.39, 0.29) is 18.4 Å². The number of halogens is 1. The number of hydrogen-bond acceptors (Lipinski definition) is 4. The van der Waals surface area contributed by atoms with E-state index in [1.54, 1.807) is 6.92 Å². The van der Waals surface area contributed by atoms with Crippen LogP contribution in [0, 0.1) is 12.8 Å². The highest BCUT2D eigenvalue weighted by Crippen LogP contribution is 2.24. The fourth-order valence-electron chi connectivity index (χ4n) is 2.86. The van der Waals surface area contributed by atoms with Gasteiger partial charge in [0.15, 0.2) is 0 Å². The van der Waals surface area contributed by atoms with Crippen molar-refractivity contribution < 1.29 is 9.21 Å². The molecule has 6 nitrogen and oxygen atoms in total. The second-order valence-corrected chi connectivity index (χ2v) is 7.03. The molecule has 3 aromatic rings. The summed E-state index contributed by atoms with van der Waals surface area (Å²) in [4.78, 5) is 15.7. The first-order valence-electron chi connectivity index (χ1n) is 8.27. The number of H-pyrrole nitrogens is 1. The van der Waals surface area contributed by atoms with Crippen molar-refractivity contribution in [3.8, 4) is 0 Å². The van der Waals surface area contributed by atoms with Crippen LogP contribution in [0.25, 0.3) is 10.9 Å². The Morgan fingerprint density at radius 1 is 1.36 bits per heavy atom. The van der Waals surface area contributed by atoms with Crippen molar-refractivity contribution in [3.63, 3.8) is 0 Å². The van der Waals surface area contributed by atoms with E-state index in [1.165, 1.54) is 0 Å². The second-order valence-electron chi connectivity index (χ2n) is 6.59. The lowest BCUT2D eigenvalue weighted by Gasteiger charge is -2.17. The molecule has 1 unspecified atom stereocenters. The number of hydrogen-bond donors (Lipinski definition) is 2. The number of aromatic amines is 1. The van der Waals surface area contributed by atoms with Crippen LogP contribution in [-0.2, 0) is 11.2 Å². The van der Waals surface area contributed by atoms with E-state index in [0.717, 1.165) is 22.9 Å². The Bertz CT molecular complexity index is 884. The highest BCUT2D eigenvalue weighted by atomic mass is 35.5. The lowest BCUT2D eigenvalue weighted by atomic mass is 10.0. The van der Waals surface area contributed by atoms with Crippen molar-refractivity contribution in [2.75, 3.05) is 0 Å². The van der Waals surface area contributed by atoms with Crippen LogP contribution in [-0.4, -0.2) is 21.1 Å². The third-order valence-electron chi connectivity index (χ3n) is 3.96. The molecule has 1 aromatic carbocycles. The number of rotatable bonds is 6. The maximum atomic E-state index is 12.6. The molecule has 0 saturated carbocycles. The molecule has 0 fully saturated rings. The zero-order valence-electron chi connectivity index (χ0n) is 14.5. The Morgan fingerprint density at radius 2 is 2.16 bits per heavy atom. The minimum Gasteiger partial charge on any atom is -0.423 e. The standard InChI is InChI=1S/C18H21ClN4O2/c1-10(2)6-16(18-23-22-11(3)25-18)21-17(24)7-12-9-20-15-5-4-13(19)8-14(12)15/h4-5,8-10,16,20H,6-7H2,1-3H3,(H,21,24). The van der Waals surface area contributed by atoms with Crippen molar-refractivity contribution in [2.24, 2.45) is 5.92 Å². The first kappa shape index (κ1) is 17.5. The molecule has 0 aliphatic heterocycles. The maximum absolute atomic E-state index is 12.6. The van der Waals surface area contributed by atoms with Gasteiger partial charge in [0.05, 0.1) is 6.42 Å². The number of nitrogens with one attached hydrogen (secondary N) is 2. The van der Waals surface area contributed by atoms with E-state index >= 15 is 0 Å². The van der Waals surface area contributed by atoms with E-state index in [0.29, 0.717) is 22.7 Å². The highest BCUT2D eigenvalue weighted by molar-refractivity contribution is 6.31. The molecule has 0 aliphatic carbocycles. The fourth-order valence-corrected chi connectivity index (χ4v) is 3.03. The van der Waals surface area contributed by atoms with Gasteiger partial charge in [-0.25, -0.2) is 0 Å². The fraction of sp³-hybridized carbons (Fsp3) is 0.389. The van der Waals surface area contributed by atoms with Crippen molar-refractivity contribution in [2.45, 2.75) is 39.7 Å². The van der Waals surface area contributed by atoms with Gasteiger partial charge in [0.1, 0.15) is 6.04 Å². The third kappa shape index (κ3) is 4.20. The first-order chi connectivity index (χ1) is 11.9. The lowest BCUT2D eigenvalue weighted by Crippen LogP contribution is -2.31. The summed E-state index contributed by atoms with van der Waals surface area (Å²) < 4.78 is 5.51. The second kappa shape index (κ2) is 7.27. The molecule has 2 heterocycles. The van der Waals surface area contributed by atoms with Crippen molar-refractivity contribution >= 4 is 28.4 Å². The SMILES string of the molecule is Cc1nnc(C(CC(C)C)NC(=O)Cc2c[nH]c3ccc(Cl)cc23)o1. The topological polar surface area (TPSA) is 83.8 Å². The minimum absolute atomic E-state index is 0.0950. The van der Waals surface area contributed by atoms with Gasteiger partial charge in [-0.3, -0.25) is 4.79 Å². The van der Waals surface area contributed by atoms with Crippen LogP contribution in [0.15, 0.2) is 28.8 Å². The molecule has 0 saturated heterocycles. The average molecular weight is 361 g/mol. The number of nitrogens with zero attached hydrogens (tertiary/aromatic N) is 2. The van der Waals surface area contributed by atoms with Crippen LogP contribution < -0.4 is 5.32 Å². The molecule has 0 radical (unpaired) electrons. The van der Waals surface area contributed by atoms with Crippen molar-refractivity contribution in [1.82, 2.24) is 20.5 Å². The minimum atomic E-state index is -0.289.